The first-order valence-corrected chi connectivity index (χ1v) is 7.38. The van der Waals surface area contributed by atoms with Gasteiger partial charge in [-0.05, 0) is 45.9 Å². The molecule has 0 spiro atoms. The van der Waals surface area contributed by atoms with Crippen LogP contribution >= 0.6 is 0 Å². The summed E-state index contributed by atoms with van der Waals surface area (Å²) in [6, 6.07) is 6.42. The molecule has 0 aliphatic rings. The number of rotatable bonds is 6. The largest absolute Gasteiger partial charge is 0.497 e. The zero-order valence-electron chi connectivity index (χ0n) is 13.4. The number of fused-ring (bicyclic) bond motifs is 1. The van der Waals surface area contributed by atoms with E-state index in [0.717, 1.165) is 22.2 Å². The number of carbonyl (C=O) groups is 1. The first-order valence-electron chi connectivity index (χ1n) is 7.38. The fourth-order valence-corrected chi connectivity index (χ4v) is 2.67. The van der Waals surface area contributed by atoms with Crippen molar-refractivity contribution < 1.29 is 9.53 Å². The number of carbonyl (C=O) groups excluding carboxylic acids is 1. The molecule has 0 atom stereocenters. The molecule has 1 aromatic heterocycles. The maximum atomic E-state index is 12.6. The van der Waals surface area contributed by atoms with E-state index in [2.05, 4.69) is 37.6 Å². The smallest absolute Gasteiger partial charge is 0.178 e. The fraction of sp³-hybridized carbons (Fsp3) is 0.471. The van der Waals surface area contributed by atoms with Crippen molar-refractivity contribution in [3.8, 4) is 5.75 Å². The van der Waals surface area contributed by atoms with Crippen molar-refractivity contribution in [1.29, 1.82) is 0 Å². The van der Waals surface area contributed by atoms with Crippen LogP contribution in [0, 0.1) is 0 Å². The van der Waals surface area contributed by atoms with Crippen LogP contribution in [0.1, 0.15) is 38.1 Å². The maximum Gasteiger partial charge on any atom is 0.178 e. The molecule has 0 radical (unpaired) electrons. The zero-order chi connectivity index (χ0) is 15.6. The van der Waals surface area contributed by atoms with Crippen molar-refractivity contribution in [3.63, 3.8) is 0 Å². The van der Waals surface area contributed by atoms with Crippen molar-refractivity contribution in [2.45, 2.75) is 39.8 Å². The van der Waals surface area contributed by atoms with Gasteiger partial charge in [0.15, 0.2) is 5.78 Å². The Morgan fingerprint density at radius 1 is 1.24 bits per heavy atom. The quantitative estimate of drug-likeness (QED) is 0.828. The van der Waals surface area contributed by atoms with Gasteiger partial charge in [0.2, 0.25) is 0 Å². The number of hydrogen-bond acceptors (Lipinski definition) is 3. The van der Waals surface area contributed by atoms with Gasteiger partial charge in [0, 0.05) is 34.7 Å². The third-order valence-corrected chi connectivity index (χ3v) is 3.84. The van der Waals surface area contributed by atoms with Gasteiger partial charge in [0.25, 0.3) is 0 Å². The van der Waals surface area contributed by atoms with Gasteiger partial charge >= 0.3 is 0 Å². The Bertz CT molecular complexity index is 621. The second kappa shape index (κ2) is 6.31. The van der Waals surface area contributed by atoms with Crippen molar-refractivity contribution in [3.05, 3.63) is 30.0 Å². The van der Waals surface area contributed by atoms with Crippen molar-refractivity contribution in [2.24, 2.45) is 0 Å². The Balaban J connectivity index is 2.30. The van der Waals surface area contributed by atoms with E-state index in [9.17, 15) is 4.79 Å². The molecule has 0 fully saturated rings. The predicted octanol–water partition coefficient (Wildman–Crippen LogP) is 3.48. The van der Waals surface area contributed by atoms with Gasteiger partial charge in [-0.3, -0.25) is 9.69 Å². The number of ketones is 1. The number of aromatic amines is 1. The number of nitrogens with zero attached hydrogens (tertiary/aromatic N) is 1. The molecule has 0 unspecified atom stereocenters. The number of methoxy groups -OCH3 is 1. The first-order chi connectivity index (χ1) is 9.93. The summed E-state index contributed by atoms with van der Waals surface area (Å²) in [6.45, 7) is 8.90. The molecule has 4 heteroatoms. The highest BCUT2D eigenvalue weighted by Crippen LogP contribution is 2.24. The van der Waals surface area contributed by atoms with Gasteiger partial charge in [0.05, 0.1) is 13.7 Å². The highest BCUT2D eigenvalue weighted by Gasteiger charge is 2.20. The summed E-state index contributed by atoms with van der Waals surface area (Å²) in [5.74, 6) is 0.901. The number of ether oxygens (including phenoxy) is 1. The van der Waals surface area contributed by atoms with Crippen molar-refractivity contribution >= 4 is 16.7 Å². The summed E-state index contributed by atoms with van der Waals surface area (Å²) >= 11 is 0. The zero-order valence-corrected chi connectivity index (χ0v) is 13.4. The molecule has 4 nitrogen and oxygen atoms in total. The van der Waals surface area contributed by atoms with Gasteiger partial charge < -0.3 is 9.72 Å². The van der Waals surface area contributed by atoms with Crippen LogP contribution in [-0.2, 0) is 0 Å². The second-order valence-corrected chi connectivity index (χ2v) is 5.90. The lowest BCUT2D eigenvalue weighted by molar-refractivity contribution is 0.0868. The van der Waals surface area contributed by atoms with Crippen molar-refractivity contribution in [1.82, 2.24) is 9.88 Å². The molecule has 0 saturated carbocycles. The Kier molecular flexibility index (Phi) is 4.68. The van der Waals surface area contributed by atoms with Crippen LogP contribution in [0.3, 0.4) is 0 Å². The van der Waals surface area contributed by atoms with E-state index in [-0.39, 0.29) is 5.78 Å². The fourth-order valence-electron chi connectivity index (χ4n) is 2.67. The summed E-state index contributed by atoms with van der Waals surface area (Å²) in [6.07, 6.45) is 1.80. The SMILES string of the molecule is COc1ccc2[nH]cc(C(=O)CN(C(C)C)C(C)C)c2c1. The molecule has 1 aromatic carbocycles. The number of nitrogens with one attached hydrogen (secondary N) is 1. The van der Waals surface area contributed by atoms with Gasteiger partial charge in [-0.15, -0.1) is 0 Å². The molecule has 2 aromatic rings. The molecule has 0 aliphatic heterocycles. The summed E-state index contributed by atoms with van der Waals surface area (Å²) in [5, 5.41) is 0.923. The Labute approximate surface area is 126 Å². The number of benzene rings is 1. The lowest BCUT2D eigenvalue weighted by Gasteiger charge is -2.29. The first kappa shape index (κ1) is 15.6. The monoisotopic (exact) mass is 288 g/mol. The van der Waals surface area contributed by atoms with E-state index in [1.807, 2.05) is 18.2 Å². The molecular weight excluding hydrogens is 264 g/mol. The summed E-state index contributed by atoms with van der Waals surface area (Å²) in [5.41, 5.74) is 1.69. The lowest BCUT2D eigenvalue weighted by atomic mass is 10.1. The van der Waals surface area contributed by atoms with Gasteiger partial charge in [-0.1, -0.05) is 0 Å². The lowest BCUT2D eigenvalue weighted by Crippen LogP contribution is -2.40. The topological polar surface area (TPSA) is 45.3 Å². The molecule has 0 aliphatic carbocycles. The summed E-state index contributed by atoms with van der Waals surface area (Å²) in [7, 11) is 1.63. The highest BCUT2D eigenvalue weighted by molar-refractivity contribution is 6.09. The average molecular weight is 288 g/mol. The third-order valence-electron chi connectivity index (χ3n) is 3.84. The summed E-state index contributed by atoms with van der Waals surface area (Å²) < 4.78 is 5.25. The number of aromatic nitrogens is 1. The van der Waals surface area contributed by atoms with Crippen LogP contribution in [0.4, 0.5) is 0 Å². The highest BCUT2D eigenvalue weighted by atomic mass is 16.5. The summed E-state index contributed by atoms with van der Waals surface area (Å²) in [4.78, 5) is 18.0. The minimum atomic E-state index is 0.136. The Morgan fingerprint density at radius 2 is 1.90 bits per heavy atom. The molecule has 1 heterocycles. The van der Waals surface area contributed by atoms with E-state index in [1.54, 1.807) is 13.3 Å². The predicted molar refractivity (Wildman–Crippen MR) is 86.2 cm³/mol. The molecule has 0 bridgehead atoms. The molecule has 114 valence electrons. The van der Waals surface area contributed by atoms with Crippen LogP contribution < -0.4 is 4.74 Å². The average Bonchev–Trinajstić information content (AvgIpc) is 2.86. The number of H-pyrrole nitrogens is 1. The van der Waals surface area contributed by atoms with E-state index in [1.165, 1.54) is 0 Å². The standard InChI is InChI=1S/C17H24N2O2/c1-11(2)19(12(3)4)10-17(20)15-9-18-16-7-6-13(21-5)8-14(15)16/h6-9,11-12,18H,10H2,1-5H3. The molecular formula is C17H24N2O2. The van der Waals surface area contributed by atoms with Gasteiger partial charge in [0.1, 0.15) is 5.75 Å². The van der Waals surface area contributed by atoms with Gasteiger partial charge in [-0.25, -0.2) is 0 Å². The molecule has 0 amide bonds. The molecule has 21 heavy (non-hydrogen) atoms. The minimum absolute atomic E-state index is 0.136. The third kappa shape index (κ3) is 3.27. The van der Waals surface area contributed by atoms with Crippen LogP contribution in [0.25, 0.3) is 10.9 Å². The van der Waals surface area contributed by atoms with Crippen molar-refractivity contribution in [2.75, 3.05) is 13.7 Å². The van der Waals surface area contributed by atoms with Crippen LogP contribution in [0.5, 0.6) is 5.75 Å². The minimum Gasteiger partial charge on any atom is -0.497 e. The molecule has 2 rings (SSSR count). The Hall–Kier alpha value is -1.81. The van der Waals surface area contributed by atoms with Crippen LogP contribution in [0.15, 0.2) is 24.4 Å². The van der Waals surface area contributed by atoms with Gasteiger partial charge in [-0.2, -0.15) is 0 Å². The molecule has 1 N–H and O–H groups in total. The van der Waals surface area contributed by atoms with E-state index >= 15 is 0 Å². The normalized spacial score (nSPS) is 11.8. The Morgan fingerprint density at radius 3 is 2.48 bits per heavy atom. The van der Waals surface area contributed by atoms with Crippen LogP contribution in [0.2, 0.25) is 0 Å². The van der Waals surface area contributed by atoms with E-state index < -0.39 is 0 Å². The van der Waals surface area contributed by atoms with Crippen LogP contribution in [-0.4, -0.2) is 41.4 Å². The number of hydrogen-bond donors (Lipinski definition) is 1. The van der Waals surface area contributed by atoms with E-state index in [0.29, 0.717) is 18.6 Å². The number of Topliss-reactive ketones (excluding diaryl/α,β-unsaturated/α-hetero) is 1. The second-order valence-electron chi connectivity index (χ2n) is 5.90. The molecule has 0 saturated heterocycles. The maximum absolute atomic E-state index is 12.6. The van der Waals surface area contributed by atoms with E-state index in [4.69, 9.17) is 4.74 Å².